The summed E-state index contributed by atoms with van der Waals surface area (Å²) in [5.74, 6) is -0.639. The van der Waals surface area contributed by atoms with Gasteiger partial charge in [-0.25, -0.2) is 8.42 Å². The Kier molecular flexibility index (Phi) is 7.04. The van der Waals surface area contributed by atoms with Gasteiger partial charge in [-0.2, -0.15) is 13.2 Å². The summed E-state index contributed by atoms with van der Waals surface area (Å²) in [5.41, 5.74) is -0.231. The fraction of sp³-hybridized carbons (Fsp3) is 0.174. The van der Waals surface area contributed by atoms with Gasteiger partial charge in [0.15, 0.2) is 0 Å². The molecule has 3 aromatic rings. The molecule has 1 amide bonds. The third-order valence-electron chi connectivity index (χ3n) is 4.95. The molecule has 0 atom stereocenters. The first-order valence-electron chi connectivity index (χ1n) is 9.69. The number of halogens is 4. The monoisotopic (exact) mass is 496 g/mol. The van der Waals surface area contributed by atoms with E-state index < -0.39 is 39.2 Å². The van der Waals surface area contributed by atoms with E-state index in [1.807, 2.05) is 0 Å². The molecule has 10 heteroatoms. The average molecular weight is 497 g/mol. The van der Waals surface area contributed by atoms with Gasteiger partial charge in [0.05, 0.1) is 21.2 Å². The van der Waals surface area contributed by atoms with Crippen molar-refractivity contribution >= 4 is 38.9 Å². The molecule has 0 saturated carbocycles. The highest BCUT2D eigenvalue weighted by Gasteiger charge is 2.36. The predicted octanol–water partition coefficient (Wildman–Crippen LogP) is 5.53. The van der Waals surface area contributed by atoms with E-state index >= 15 is 0 Å². The summed E-state index contributed by atoms with van der Waals surface area (Å²) in [6.07, 6.45) is -4.81. The molecule has 0 aliphatic carbocycles. The number of anilines is 2. The second-order valence-electron chi connectivity index (χ2n) is 7.27. The fourth-order valence-electron chi connectivity index (χ4n) is 3.06. The van der Waals surface area contributed by atoms with Crippen LogP contribution in [0.15, 0.2) is 77.7 Å². The van der Waals surface area contributed by atoms with Crippen LogP contribution in [0.4, 0.5) is 24.5 Å². The Balaban J connectivity index is 2.09. The Morgan fingerprint density at radius 2 is 1.55 bits per heavy atom. The van der Waals surface area contributed by atoms with Crippen LogP contribution in [0.1, 0.15) is 11.1 Å². The maximum absolute atomic E-state index is 13.4. The van der Waals surface area contributed by atoms with Crippen molar-refractivity contribution in [2.45, 2.75) is 18.0 Å². The summed E-state index contributed by atoms with van der Waals surface area (Å²) in [6.45, 7) is 1.04. The van der Waals surface area contributed by atoms with Gasteiger partial charge in [0, 0.05) is 12.7 Å². The third kappa shape index (κ3) is 5.48. The molecule has 0 aromatic heterocycles. The number of aryl methyl sites for hydroxylation is 1. The van der Waals surface area contributed by atoms with Gasteiger partial charge in [-0.1, -0.05) is 47.5 Å². The van der Waals surface area contributed by atoms with Crippen LogP contribution in [0.5, 0.6) is 0 Å². The van der Waals surface area contributed by atoms with E-state index in [0.29, 0.717) is 16.1 Å². The number of para-hydroxylation sites is 1. The van der Waals surface area contributed by atoms with Crippen LogP contribution >= 0.6 is 11.6 Å². The van der Waals surface area contributed by atoms with E-state index in [1.54, 1.807) is 49.4 Å². The lowest BCUT2D eigenvalue weighted by molar-refractivity contribution is -0.137. The molecule has 0 aliphatic rings. The summed E-state index contributed by atoms with van der Waals surface area (Å²) in [5, 5.41) is -0.577. The zero-order chi connectivity index (χ0) is 24.4. The SMILES string of the molecule is Cc1ccc(S(=O)(=O)N(CC(=O)N(C)c2ccccc2)c2ccc(Cl)c(C(F)(F)F)c2)cc1. The minimum Gasteiger partial charge on any atom is -0.314 e. The second-order valence-corrected chi connectivity index (χ2v) is 9.54. The summed E-state index contributed by atoms with van der Waals surface area (Å²) < 4.78 is 67.8. The molecular weight excluding hydrogens is 477 g/mol. The lowest BCUT2D eigenvalue weighted by atomic mass is 10.2. The summed E-state index contributed by atoms with van der Waals surface area (Å²) in [6, 6.07) is 17.0. The maximum atomic E-state index is 13.4. The molecule has 0 N–H and O–H groups in total. The first-order valence-corrected chi connectivity index (χ1v) is 11.5. The van der Waals surface area contributed by atoms with Crippen LogP contribution in [0, 0.1) is 6.92 Å². The number of benzene rings is 3. The summed E-state index contributed by atoms with van der Waals surface area (Å²) in [4.78, 5) is 14.1. The van der Waals surface area contributed by atoms with Crippen LogP contribution in [-0.4, -0.2) is 27.9 Å². The minimum absolute atomic E-state index is 0.160. The first kappa shape index (κ1) is 24.6. The number of alkyl halides is 3. The molecule has 0 fully saturated rings. The largest absolute Gasteiger partial charge is 0.417 e. The second kappa shape index (κ2) is 9.44. The summed E-state index contributed by atoms with van der Waals surface area (Å²) >= 11 is 5.71. The third-order valence-corrected chi connectivity index (χ3v) is 7.07. The van der Waals surface area contributed by atoms with E-state index in [-0.39, 0.29) is 10.6 Å². The molecule has 0 aliphatic heterocycles. The Hall–Kier alpha value is -3.04. The minimum atomic E-state index is -4.81. The Morgan fingerprint density at radius 3 is 2.12 bits per heavy atom. The first-order chi connectivity index (χ1) is 15.4. The van der Waals surface area contributed by atoms with Crippen molar-refractivity contribution in [3.8, 4) is 0 Å². The average Bonchev–Trinajstić information content (AvgIpc) is 2.77. The zero-order valence-corrected chi connectivity index (χ0v) is 19.2. The van der Waals surface area contributed by atoms with Crippen LogP contribution in [-0.2, 0) is 21.0 Å². The van der Waals surface area contributed by atoms with Crippen molar-refractivity contribution in [1.29, 1.82) is 0 Å². The van der Waals surface area contributed by atoms with Crippen molar-refractivity contribution in [3.05, 3.63) is 88.9 Å². The smallest absolute Gasteiger partial charge is 0.314 e. The number of carbonyl (C=O) groups excluding carboxylic acids is 1. The Bertz CT molecular complexity index is 1250. The van der Waals surface area contributed by atoms with Gasteiger partial charge in [-0.05, 0) is 49.4 Å². The predicted molar refractivity (Wildman–Crippen MR) is 122 cm³/mol. The Morgan fingerprint density at radius 1 is 0.939 bits per heavy atom. The highest BCUT2D eigenvalue weighted by molar-refractivity contribution is 7.92. The standard InChI is InChI=1S/C23H20ClF3N2O3S/c1-16-8-11-19(12-9-16)33(31,32)29(15-22(30)28(2)17-6-4-3-5-7-17)18-10-13-21(24)20(14-18)23(25,26)27/h3-14H,15H2,1-2H3. The van der Waals surface area contributed by atoms with Crippen molar-refractivity contribution in [3.63, 3.8) is 0 Å². The fourth-order valence-corrected chi connectivity index (χ4v) is 4.69. The topological polar surface area (TPSA) is 57.7 Å². The van der Waals surface area contributed by atoms with Gasteiger partial charge in [0.2, 0.25) is 5.91 Å². The zero-order valence-electron chi connectivity index (χ0n) is 17.7. The van der Waals surface area contributed by atoms with Crippen molar-refractivity contribution in [2.24, 2.45) is 0 Å². The van der Waals surface area contributed by atoms with Crippen LogP contribution in [0.25, 0.3) is 0 Å². The Labute approximate surface area is 195 Å². The highest BCUT2D eigenvalue weighted by atomic mass is 35.5. The lowest BCUT2D eigenvalue weighted by Crippen LogP contribution is -2.41. The molecule has 0 unspecified atom stereocenters. The molecule has 0 saturated heterocycles. The number of hydrogen-bond acceptors (Lipinski definition) is 3. The number of hydrogen-bond donors (Lipinski definition) is 0. The molecule has 0 spiro atoms. The number of likely N-dealkylation sites (N-methyl/N-ethyl adjacent to an activating group) is 1. The van der Waals surface area contributed by atoms with Crippen LogP contribution < -0.4 is 9.21 Å². The molecule has 3 rings (SSSR count). The number of sulfonamides is 1. The van der Waals surface area contributed by atoms with E-state index in [4.69, 9.17) is 11.6 Å². The molecule has 0 bridgehead atoms. The van der Waals surface area contributed by atoms with Crippen LogP contribution in [0.3, 0.4) is 0 Å². The molecule has 0 heterocycles. The van der Waals surface area contributed by atoms with Gasteiger partial charge in [0.25, 0.3) is 10.0 Å². The molecule has 33 heavy (non-hydrogen) atoms. The van der Waals surface area contributed by atoms with Crippen molar-refractivity contribution in [2.75, 3.05) is 22.8 Å². The van der Waals surface area contributed by atoms with Gasteiger partial charge in [-0.15, -0.1) is 0 Å². The molecular formula is C23H20ClF3N2O3S. The van der Waals surface area contributed by atoms with E-state index in [0.717, 1.165) is 17.7 Å². The normalized spacial score (nSPS) is 11.8. The van der Waals surface area contributed by atoms with E-state index in [2.05, 4.69) is 0 Å². The van der Waals surface area contributed by atoms with Crippen LogP contribution in [0.2, 0.25) is 5.02 Å². The maximum Gasteiger partial charge on any atom is 0.417 e. The number of amides is 1. The summed E-state index contributed by atoms with van der Waals surface area (Å²) in [7, 11) is -2.93. The van der Waals surface area contributed by atoms with Crippen molar-refractivity contribution in [1.82, 2.24) is 0 Å². The lowest BCUT2D eigenvalue weighted by Gasteiger charge is -2.27. The highest BCUT2D eigenvalue weighted by Crippen LogP contribution is 2.38. The molecule has 5 nitrogen and oxygen atoms in total. The van der Waals surface area contributed by atoms with Gasteiger partial charge >= 0.3 is 6.18 Å². The molecule has 0 radical (unpaired) electrons. The quantitative estimate of drug-likeness (QED) is 0.451. The van der Waals surface area contributed by atoms with Gasteiger partial charge in [0.1, 0.15) is 6.54 Å². The molecule has 174 valence electrons. The van der Waals surface area contributed by atoms with Crippen molar-refractivity contribution < 1.29 is 26.4 Å². The van der Waals surface area contributed by atoms with Gasteiger partial charge < -0.3 is 4.90 Å². The molecule has 3 aromatic carbocycles. The van der Waals surface area contributed by atoms with E-state index in [1.165, 1.54) is 24.1 Å². The number of carbonyl (C=O) groups is 1. The number of rotatable bonds is 6. The van der Waals surface area contributed by atoms with E-state index in [9.17, 15) is 26.4 Å². The van der Waals surface area contributed by atoms with Gasteiger partial charge in [-0.3, -0.25) is 9.10 Å². The number of nitrogens with zero attached hydrogens (tertiary/aromatic N) is 2.